The molecule has 0 amide bonds. The van der Waals surface area contributed by atoms with Gasteiger partial charge in [-0.05, 0) is 18.4 Å². The van der Waals surface area contributed by atoms with Gasteiger partial charge in [-0.15, -0.1) is 0 Å². The van der Waals surface area contributed by atoms with Crippen LogP contribution in [0, 0.1) is 6.42 Å². The average Bonchev–Trinajstić information content (AvgIpc) is 2.25. The molecule has 0 aliphatic carbocycles. The summed E-state index contributed by atoms with van der Waals surface area (Å²) in [5.41, 5.74) is 1.28. The van der Waals surface area contributed by atoms with Crippen LogP contribution in [0.5, 0.6) is 0 Å². The zero-order valence-electron chi connectivity index (χ0n) is 8.95. The van der Waals surface area contributed by atoms with Gasteiger partial charge in [0.1, 0.15) is 0 Å². The van der Waals surface area contributed by atoms with Crippen molar-refractivity contribution >= 4 is 6.08 Å². The molecular formula is C14H19. The maximum absolute atomic E-state index is 2.25. The van der Waals surface area contributed by atoms with Crippen LogP contribution in [0.25, 0.3) is 6.08 Å². The highest BCUT2D eigenvalue weighted by atomic mass is 13.9. The molecule has 1 aromatic carbocycles. The van der Waals surface area contributed by atoms with Crippen molar-refractivity contribution in [3.05, 3.63) is 48.4 Å². The zero-order valence-corrected chi connectivity index (χ0v) is 8.95. The van der Waals surface area contributed by atoms with Crippen LogP contribution in [0.15, 0.2) is 36.4 Å². The van der Waals surface area contributed by atoms with Crippen molar-refractivity contribution in [1.82, 2.24) is 0 Å². The maximum Gasteiger partial charge on any atom is -0.0167 e. The van der Waals surface area contributed by atoms with E-state index >= 15 is 0 Å². The summed E-state index contributed by atoms with van der Waals surface area (Å²) >= 11 is 0. The number of hydrogen-bond acceptors (Lipinski definition) is 0. The van der Waals surface area contributed by atoms with E-state index < -0.39 is 0 Å². The molecule has 0 bridgehead atoms. The van der Waals surface area contributed by atoms with Crippen molar-refractivity contribution in [2.24, 2.45) is 0 Å². The fraction of sp³-hybridized carbons (Fsp3) is 0.357. The highest BCUT2D eigenvalue weighted by Crippen LogP contribution is 2.05. The number of benzene rings is 1. The Morgan fingerprint density at radius 1 is 1.07 bits per heavy atom. The van der Waals surface area contributed by atoms with Crippen LogP contribution in [-0.4, -0.2) is 0 Å². The second kappa shape index (κ2) is 7.37. The first-order valence-corrected chi connectivity index (χ1v) is 5.48. The number of hydrogen-bond donors (Lipinski definition) is 0. The van der Waals surface area contributed by atoms with E-state index in [0.717, 1.165) is 0 Å². The van der Waals surface area contributed by atoms with Gasteiger partial charge in [0.2, 0.25) is 0 Å². The van der Waals surface area contributed by atoms with E-state index in [9.17, 15) is 0 Å². The summed E-state index contributed by atoms with van der Waals surface area (Å²) in [4.78, 5) is 0. The highest BCUT2D eigenvalue weighted by Gasteiger charge is 1.85. The normalized spacial score (nSPS) is 10.9. The standard InChI is InChI=1S/C14H19/c1-2-3-4-5-6-8-11-14-12-9-7-10-13-14/h6-13H,2-5H2,1H3. The number of unbranched alkanes of at least 4 members (excludes halogenated alkanes) is 4. The Labute approximate surface area is 87.7 Å². The summed E-state index contributed by atoms with van der Waals surface area (Å²) in [6.07, 6.45) is 11.7. The molecule has 14 heavy (non-hydrogen) atoms. The molecule has 0 aliphatic rings. The van der Waals surface area contributed by atoms with Crippen LogP contribution in [-0.2, 0) is 0 Å². The second-order valence-electron chi connectivity index (χ2n) is 3.50. The molecule has 0 heterocycles. The molecule has 0 atom stereocenters. The predicted octanol–water partition coefficient (Wildman–Crippen LogP) is 4.48. The minimum absolute atomic E-state index is 1.21. The molecule has 1 rings (SSSR count). The topological polar surface area (TPSA) is 0 Å². The van der Waals surface area contributed by atoms with E-state index in [1.807, 2.05) is 6.07 Å². The Morgan fingerprint density at radius 2 is 1.86 bits per heavy atom. The third kappa shape index (κ3) is 4.86. The molecule has 0 saturated heterocycles. The van der Waals surface area contributed by atoms with Crippen LogP contribution in [0.3, 0.4) is 0 Å². The Bertz CT molecular complexity index is 246. The van der Waals surface area contributed by atoms with E-state index in [2.05, 4.69) is 49.8 Å². The van der Waals surface area contributed by atoms with Crippen LogP contribution in [0.2, 0.25) is 0 Å². The first kappa shape index (κ1) is 11.0. The van der Waals surface area contributed by atoms with Gasteiger partial charge in [-0.2, -0.15) is 0 Å². The summed E-state index contributed by atoms with van der Waals surface area (Å²) in [7, 11) is 0. The molecule has 1 aromatic rings. The van der Waals surface area contributed by atoms with Crippen molar-refractivity contribution in [2.45, 2.75) is 32.6 Å². The van der Waals surface area contributed by atoms with Crippen molar-refractivity contribution in [1.29, 1.82) is 0 Å². The molecule has 0 heteroatoms. The molecule has 75 valence electrons. The van der Waals surface area contributed by atoms with Crippen LogP contribution in [0.1, 0.15) is 38.2 Å². The van der Waals surface area contributed by atoms with E-state index in [1.54, 1.807) is 0 Å². The zero-order chi connectivity index (χ0) is 10.1. The molecular weight excluding hydrogens is 168 g/mol. The van der Waals surface area contributed by atoms with Crippen LogP contribution >= 0.6 is 0 Å². The fourth-order valence-corrected chi connectivity index (χ4v) is 1.35. The minimum Gasteiger partial charge on any atom is -0.0802 e. The summed E-state index contributed by atoms with van der Waals surface area (Å²) in [5.74, 6) is 0. The second-order valence-corrected chi connectivity index (χ2v) is 3.50. The average molecular weight is 187 g/mol. The molecule has 0 saturated carbocycles. The van der Waals surface area contributed by atoms with Crippen LogP contribution in [0.4, 0.5) is 0 Å². The summed E-state index contributed by atoms with van der Waals surface area (Å²) in [6, 6.07) is 10.4. The first-order chi connectivity index (χ1) is 6.93. The lowest BCUT2D eigenvalue weighted by Gasteiger charge is -1.94. The van der Waals surface area contributed by atoms with E-state index in [0.29, 0.717) is 0 Å². The third-order valence-corrected chi connectivity index (χ3v) is 2.20. The van der Waals surface area contributed by atoms with Gasteiger partial charge < -0.3 is 0 Å². The lowest BCUT2D eigenvalue weighted by Crippen LogP contribution is -1.75. The summed E-state index contributed by atoms with van der Waals surface area (Å²) in [6.45, 7) is 2.24. The highest BCUT2D eigenvalue weighted by molar-refractivity contribution is 5.49. The summed E-state index contributed by atoms with van der Waals surface area (Å²) < 4.78 is 0. The largest absolute Gasteiger partial charge is 0.0802 e. The number of allylic oxidation sites excluding steroid dienone is 1. The Hall–Kier alpha value is -1.04. The van der Waals surface area contributed by atoms with Gasteiger partial charge in [0.15, 0.2) is 0 Å². The van der Waals surface area contributed by atoms with Crippen molar-refractivity contribution in [2.75, 3.05) is 0 Å². The van der Waals surface area contributed by atoms with Gasteiger partial charge in [0.25, 0.3) is 0 Å². The first-order valence-electron chi connectivity index (χ1n) is 5.48. The van der Waals surface area contributed by atoms with Crippen molar-refractivity contribution < 1.29 is 0 Å². The quantitative estimate of drug-likeness (QED) is 0.576. The molecule has 0 spiro atoms. The Kier molecular flexibility index (Phi) is 5.81. The van der Waals surface area contributed by atoms with Gasteiger partial charge in [-0.3, -0.25) is 0 Å². The van der Waals surface area contributed by atoms with E-state index in [4.69, 9.17) is 0 Å². The van der Waals surface area contributed by atoms with Gasteiger partial charge in [-0.25, -0.2) is 0 Å². The molecule has 0 fully saturated rings. The van der Waals surface area contributed by atoms with E-state index in [1.165, 1.54) is 31.2 Å². The molecule has 0 unspecified atom stereocenters. The Morgan fingerprint density at radius 3 is 2.57 bits per heavy atom. The SMILES string of the molecule is CCCCC[CH]C=Cc1ccccc1. The van der Waals surface area contributed by atoms with Gasteiger partial charge in [0, 0.05) is 0 Å². The Balaban J connectivity index is 2.15. The monoisotopic (exact) mass is 187 g/mol. The van der Waals surface area contributed by atoms with Crippen molar-refractivity contribution in [3.63, 3.8) is 0 Å². The van der Waals surface area contributed by atoms with Gasteiger partial charge >= 0.3 is 0 Å². The summed E-state index contributed by atoms with van der Waals surface area (Å²) in [5, 5.41) is 0. The van der Waals surface area contributed by atoms with E-state index in [-0.39, 0.29) is 0 Å². The third-order valence-electron chi connectivity index (χ3n) is 2.20. The maximum atomic E-state index is 2.25. The molecule has 0 N–H and O–H groups in total. The minimum atomic E-state index is 1.21. The fourth-order valence-electron chi connectivity index (χ4n) is 1.35. The molecule has 0 aromatic heterocycles. The molecule has 0 nitrogen and oxygen atoms in total. The smallest absolute Gasteiger partial charge is 0.0167 e. The van der Waals surface area contributed by atoms with Gasteiger partial charge in [-0.1, -0.05) is 68.7 Å². The predicted molar refractivity (Wildman–Crippen MR) is 63.9 cm³/mol. The van der Waals surface area contributed by atoms with Crippen molar-refractivity contribution in [3.8, 4) is 0 Å². The number of rotatable bonds is 6. The molecule has 1 radical (unpaired) electrons. The lowest BCUT2D eigenvalue weighted by molar-refractivity contribution is 0.717. The van der Waals surface area contributed by atoms with Gasteiger partial charge in [0.05, 0.1) is 0 Å². The lowest BCUT2D eigenvalue weighted by atomic mass is 10.1. The van der Waals surface area contributed by atoms with Crippen LogP contribution < -0.4 is 0 Å². The molecule has 0 aliphatic heterocycles.